The maximum absolute atomic E-state index is 12.1. The normalized spacial score (nSPS) is 15.2. The van der Waals surface area contributed by atoms with Gasteiger partial charge in [-0.25, -0.2) is 0 Å². The second-order valence-electron chi connectivity index (χ2n) is 8.03. The first-order valence-electron chi connectivity index (χ1n) is 10.6. The van der Waals surface area contributed by atoms with Gasteiger partial charge in [-0.3, -0.25) is 4.79 Å². The van der Waals surface area contributed by atoms with E-state index in [9.17, 15) is 4.79 Å². The Kier molecular flexibility index (Phi) is 15.9. The van der Waals surface area contributed by atoms with Crippen molar-refractivity contribution in [2.75, 3.05) is 13.2 Å². The van der Waals surface area contributed by atoms with Crippen LogP contribution in [0.1, 0.15) is 105 Å². The molecule has 0 radical (unpaired) electrons. The number of unbranched alkanes of at least 4 members (excludes halogenated alkanes) is 6. The third-order valence-electron chi connectivity index (χ3n) is 5.04. The summed E-state index contributed by atoms with van der Waals surface area (Å²) >= 11 is 0. The van der Waals surface area contributed by atoms with Crippen LogP contribution >= 0.6 is 0 Å². The standard InChI is InChI=1S/C22H44O2/c1-6-8-10-12-14-19(3)16-20(4)17-24-18-22(23)21(5)15-13-11-9-7-2/h19-21H,6-18H2,1-5H3. The van der Waals surface area contributed by atoms with E-state index in [-0.39, 0.29) is 11.7 Å². The fourth-order valence-electron chi connectivity index (χ4n) is 3.33. The van der Waals surface area contributed by atoms with Gasteiger partial charge in [0.05, 0.1) is 0 Å². The highest BCUT2D eigenvalue weighted by atomic mass is 16.5. The lowest BCUT2D eigenvalue weighted by atomic mass is 9.93. The Morgan fingerprint density at radius 2 is 1.38 bits per heavy atom. The second kappa shape index (κ2) is 16.1. The highest BCUT2D eigenvalue weighted by Crippen LogP contribution is 2.19. The monoisotopic (exact) mass is 340 g/mol. The van der Waals surface area contributed by atoms with Gasteiger partial charge in [0.2, 0.25) is 0 Å². The number of Topliss-reactive ketones (excluding diaryl/α,β-unsaturated/α-hetero) is 1. The van der Waals surface area contributed by atoms with Gasteiger partial charge in [-0.15, -0.1) is 0 Å². The molecule has 24 heavy (non-hydrogen) atoms. The summed E-state index contributed by atoms with van der Waals surface area (Å²) in [5, 5.41) is 0. The summed E-state index contributed by atoms with van der Waals surface area (Å²) in [5.41, 5.74) is 0. The van der Waals surface area contributed by atoms with E-state index in [0.29, 0.717) is 12.5 Å². The molecule has 0 aromatic rings. The summed E-state index contributed by atoms with van der Waals surface area (Å²) in [5.74, 6) is 1.77. The molecule has 0 fully saturated rings. The van der Waals surface area contributed by atoms with Crippen LogP contribution in [0.2, 0.25) is 0 Å². The zero-order valence-electron chi connectivity index (χ0n) is 17.2. The average Bonchev–Trinajstić information content (AvgIpc) is 2.55. The quantitative estimate of drug-likeness (QED) is 0.272. The number of carbonyl (C=O) groups excluding carboxylic acids is 1. The summed E-state index contributed by atoms with van der Waals surface area (Å²) in [4.78, 5) is 12.1. The fraction of sp³-hybridized carbons (Fsp3) is 0.955. The maximum Gasteiger partial charge on any atom is 0.161 e. The summed E-state index contributed by atoms with van der Waals surface area (Å²) in [7, 11) is 0. The van der Waals surface area contributed by atoms with Crippen molar-refractivity contribution in [2.24, 2.45) is 17.8 Å². The van der Waals surface area contributed by atoms with Crippen LogP contribution in [0, 0.1) is 17.8 Å². The predicted octanol–water partition coefficient (Wildman–Crippen LogP) is 6.81. The molecular formula is C22H44O2. The maximum atomic E-state index is 12.1. The van der Waals surface area contributed by atoms with Gasteiger partial charge in [-0.1, -0.05) is 92.4 Å². The molecule has 0 aliphatic rings. The lowest BCUT2D eigenvalue weighted by Crippen LogP contribution is -2.20. The van der Waals surface area contributed by atoms with Crippen LogP contribution < -0.4 is 0 Å². The van der Waals surface area contributed by atoms with Crippen molar-refractivity contribution in [2.45, 2.75) is 105 Å². The molecule has 0 saturated carbocycles. The molecule has 0 amide bonds. The molecule has 0 aliphatic carbocycles. The largest absolute Gasteiger partial charge is 0.373 e. The summed E-state index contributed by atoms with van der Waals surface area (Å²) in [6, 6.07) is 0. The van der Waals surface area contributed by atoms with Gasteiger partial charge < -0.3 is 4.74 Å². The zero-order valence-corrected chi connectivity index (χ0v) is 17.2. The minimum Gasteiger partial charge on any atom is -0.373 e. The zero-order chi connectivity index (χ0) is 18.2. The number of hydrogen-bond acceptors (Lipinski definition) is 2. The van der Waals surface area contributed by atoms with Crippen LogP contribution in [0.4, 0.5) is 0 Å². The van der Waals surface area contributed by atoms with Crippen LogP contribution in [0.3, 0.4) is 0 Å². The van der Waals surface area contributed by atoms with Crippen LogP contribution in [0.25, 0.3) is 0 Å². The molecule has 3 atom stereocenters. The fourth-order valence-corrected chi connectivity index (χ4v) is 3.33. The molecule has 0 rings (SSSR count). The molecule has 2 nitrogen and oxygen atoms in total. The Hall–Kier alpha value is -0.370. The molecule has 0 N–H and O–H groups in total. The molecular weight excluding hydrogens is 296 g/mol. The third kappa shape index (κ3) is 14.0. The van der Waals surface area contributed by atoms with E-state index in [1.807, 2.05) is 0 Å². The SMILES string of the molecule is CCCCCCC(C)CC(C)COCC(=O)C(C)CCCCCC. The Bertz CT molecular complexity index is 288. The van der Waals surface area contributed by atoms with Crippen LogP contribution in [0.15, 0.2) is 0 Å². The van der Waals surface area contributed by atoms with E-state index in [1.54, 1.807) is 0 Å². The molecule has 0 bridgehead atoms. The van der Waals surface area contributed by atoms with Gasteiger partial charge >= 0.3 is 0 Å². The molecule has 0 aliphatic heterocycles. The topological polar surface area (TPSA) is 26.3 Å². The summed E-state index contributed by atoms with van der Waals surface area (Å²) in [6.07, 6.45) is 13.9. The lowest BCUT2D eigenvalue weighted by molar-refractivity contribution is -0.127. The van der Waals surface area contributed by atoms with E-state index >= 15 is 0 Å². The van der Waals surface area contributed by atoms with Crippen LogP contribution in [-0.4, -0.2) is 19.0 Å². The van der Waals surface area contributed by atoms with E-state index < -0.39 is 0 Å². The molecule has 0 aromatic heterocycles. The van der Waals surface area contributed by atoms with Gasteiger partial charge in [0, 0.05) is 12.5 Å². The number of rotatable bonds is 17. The van der Waals surface area contributed by atoms with Crippen molar-refractivity contribution in [3.8, 4) is 0 Å². The second-order valence-corrected chi connectivity index (χ2v) is 8.03. The third-order valence-corrected chi connectivity index (χ3v) is 5.04. The van der Waals surface area contributed by atoms with Gasteiger partial charge in [-0.05, 0) is 24.7 Å². The lowest BCUT2D eigenvalue weighted by Gasteiger charge is -2.18. The average molecular weight is 341 g/mol. The first-order valence-corrected chi connectivity index (χ1v) is 10.6. The van der Waals surface area contributed by atoms with Crippen molar-refractivity contribution in [3.05, 3.63) is 0 Å². The number of ketones is 1. The van der Waals surface area contributed by atoms with Gasteiger partial charge in [0.25, 0.3) is 0 Å². The van der Waals surface area contributed by atoms with Crippen molar-refractivity contribution in [3.63, 3.8) is 0 Å². The number of carbonyl (C=O) groups is 1. The number of hydrogen-bond donors (Lipinski definition) is 0. The summed E-state index contributed by atoms with van der Waals surface area (Å²) < 4.78 is 5.70. The smallest absolute Gasteiger partial charge is 0.161 e. The van der Waals surface area contributed by atoms with Crippen molar-refractivity contribution in [1.82, 2.24) is 0 Å². The van der Waals surface area contributed by atoms with Crippen molar-refractivity contribution in [1.29, 1.82) is 0 Å². The highest BCUT2D eigenvalue weighted by Gasteiger charge is 2.14. The highest BCUT2D eigenvalue weighted by molar-refractivity contribution is 5.81. The van der Waals surface area contributed by atoms with E-state index in [2.05, 4.69) is 34.6 Å². The Labute approximate surface area is 152 Å². The van der Waals surface area contributed by atoms with Crippen LogP contribution in [0.5, 0.6) is 0 Å². The number of ether oxygens (including phenoxy) is 1. The molecule has 0 saturated heterocycles. The predicted molar refractivity (Wildman–Crippen MR) is 105 cm³/mol. The van der Waals surface area contributed by atoms with Crippen molar-refractivity contribution >= 4 is 5.78 Å². The van der Waals surface area contributed by atoms with Gasteiger partial charge in [-0.2, -0.15) is 0 Å². The van der Waals surface area contributed by atoms with E-state index in [0.717, 1.165) is 18.9 Å². The molecule has 3 unspecified atom stereocenters. The van der Waals surface area contributed by atoms with Crippen molar-refractivity contribution < 1.29 is 9.53 Å². The minimum atomic E-state index is 0.162. The molecule has 2 heteroatoms. The first-order chi connectivity index (χ1) is 11.5. The van der Waals surface area contributed by atoms with E-state index in [1.165, 1.54) is 64.2 Å². The van der Waals surface area contributed by atoms with Crippen LogP contribution in [-0.2, 0) is 9.53 Å². The first kappa shape index (κ1) is 23.6. The van der Waals surface area contributed by atoms with E-state index in [4.69, 9.17) is 4.74 Å². The van der Waals surface area contributed by atoms with Gasteiger partial charge in [0.15, 0.2) is 5.78 Å². The molecule has 0 heterocycles. The Morgan fingerprint density at radius 1 is 0.792 bits per heavy atom. The summed E-state index contributed by atoms with van der Waals surface area (Å²) in [6.45, 7) is 12.2. The molecule has 144 valence electrons. The Balaban J connectivity index is 3.67. The minimum absolute atomic E-state index is 0.162. The van der Waals surface area contributed by atoms with Gasteiger partial charge in [0.1, 0.15) is 6.61 Å². The molecule has 0 spiro atoms. The Morgan fingerprint density at radius 3 is 1.96 bits per heavy atom. The molecule has 0 aromatic carbocycles.